The molecule has 1 amide bonds. The van der Waals surface area contributed by atoms with Crippen molar-refractivity contribution in [2.24, 2.45) is 5.92 Å². The van der Waals surface area contributed by atoms with Crippen LogP contribution in [0.2, 0.25) is 0 Å². The van der Waals surface area contributed by atoms with E-state index in [2.05, 4.69) is 20.4 Å². The fourth-order valence-corrected chi connectivity index (χ4v) is 2.36. The Labute approximate surface area is 127 Å². The van der Waals surface area contributed by atoms with E-state index in [0.29, 0.717) is 5.76 Å². The molecule has 0 saturated heterocycles. The summed E-state index contributed by atoms with van der Waals surface area (Å²) < 4.78 is 4.95. The van der Waals surface area contributed by atoms with E-state index in [1.165, 1.54) is 0 Å². The predicted octanol–water partition coefficient (Wildman–Crippen LogP) is 2.99. The topological polar surface area (TPSA) is 83.8 Å². The molecular formula is C16H18N4O2. The van der Waals surface area contributed by atoms with Gasteiger partial charge < -0.3 is 14.8 Å². The largest absolute Gasteiger partial charge is 0.361 e. The molecule has 3 rings (SSSR count). The van der Waals surface area contributed by atoms with Crippen LogP contribution in [0.5, 0.6) is 0 Å². The van der Waals surface area contributed by atoms with Crippen LogP contribution in [0.1, 0.15) is 42.0 Å². The number of nitrogens with zero attached hydrogens (tertiary/aromatic N) is 2. The molecule has 1 aromatic carbocycles. The minimum atomic E-state index is -0.268. The summed E-state index contributed by atoms with van der Waals surface area (Å²) in [5.41, 5.74) is 2.11. The van der Waals surface area contributed by atoms with Gasteiger partial charge in [-0.3, -0.25) is 4.79 Å². The van der Waals surface area contributed by atoms with Gasteiger partial charge in [-0.15, -0.1) is 0 Å². The van der Waals surface area contributed by atoms with Crippen molar-refractivity contribution in [2.45, 2.75) is 26.8 Å². The second kappa shape index (κ2) is 5.63. The summed E-state index contributed by atoms with van der Waals surface area (Å²) in [6.07, 6.45) is 0. The maximum absolute atomic E-state index is 12.3. The lowest BCUT2D eigenvalue weighted by Gasteiger charge is -2.19. The van der Waals surface area contributed by atoms with Crippen molar-refractivity contribution in [2.75, 3.05) is 0 Å². The molecule has 6 heteroatoms. The molecule has 0 aliphatic rings. The van der Waals surface area contributed by atoms with Gasteiger partial charge in [-0.05, 0) is 25.0 Å². The number of amides is 1. The first kappa shape index (κ1) is 14.3. The molecule has 0 fully saturated rings. The Morgan fingerprint density at radius 2 is 2.09 bits per heavy atom. The smallest absolute Gasteiger partial charge is 0.274 e. The van der Waals surface area contributed by atoms with Crippen LogP contribution in [0.25, 0.3) is 11.0 Å². The van der Waals surface area contributed by atoms with Crippen LogP contribution in [-0.2, 0) is 0 Å². The van der Waals surface area contributed by atoms with Crippen LogP contribution >= 0.6 is 0 Å². The fourth-order valence-electron chi connectivity index (χ4n) is 2.36. The zero-order chi connectivity index (χ0) is 15.7. The van der Waals surface area contributed by atoms with Gasteiger partial charge >= 0.3 is 0 Å². The zero-order valence-electron chi connectivity index (χ0n) is 12.8. The Morgan fingerprint density at radius 3 is 2.73 bits per heavy atom. The molecule has 2 heterocycles. The van der Waals surface area contributed by atoms with E-state index in [9.17, 15) is 4.79 Å². The Kier molecular flexibility index (Phi) is 3.66. The molecule has 114 valence electrons. The lowest BCUT2D eigenvalue weighted by molar-refractivity contribution is 0.0914. The zero-order valence-corrected chi connectivity index (χ0v) is 12.8. The number of imidazole rings is 1. The maximum Gasteiger partial charge on any atom is 0.274 e. The number of aromatic nitrogens is 3. The highest BCUT2D eigenvalue weighted by Crippen LogP contribution is 2.22. The van der Waals surface area contributed by atoms with Crippen LogP contribution < -0.4 is 5.32 Å². The molecule has 0 spiro atoms. The first-order valence-electron chi connectivity index (χ1n) is 7.23. The van der Waals surface area contributed by atoms with Gasteiger partial charge in [0.15, 0.2) is 5.69 Å². The summed E-state index contributed by atoms with van der Waals surface area (Å²) >= 11 is 0. The molecule has 0 aliphatic heterocycles. The molecule has 3 aromatic rings. The minimum Gasteiger partial charge on any atom is -0.361 e. The van der Waals surface area contributed by atoms with Gasteiger partial charge in [0.25, 0.3) is 5.91 Å². The number of nitrogens with one attached hydrogen (secondary N) is 2. The van der Waals surface area contributed by atoms with Gasteiger partial charge in [-0.25, -0.2) is 4.98 Å². The number of aromatic amines is 1. The summed E-state index contributed by atoms with van der Waals surface area (Å²) in [6.45, 7) is 5.82. The lowest BCUT2D eigenvalue weighted by Crippen LogP contribution is -2.32. The van der Waals surface area contributed by atoms with Crippen molar-refractivity contribution < 1.29 is 9.32 Å². The van der Waals surface area contributed by atoms with Crippen molar-refractivity contribution in [1.82, 2.24) is 20.4 Å². The molecule has 22 heavy (non-hydrogen) atoms. The summed E-state index contributed by atoms with van der Waals surface area (Å²) in [7, 11) is 0. The number of hydrogen-bond donors (Lipinski definition) is 2. The van der Waals surface area contributed by atoms with Crippen LogP contribution in [-0.4, -0.2) is 21.0 Å². The molecule has 1 unspecified atom stereocenters. The first-order valence-corrected chi connectivity index (χ1v) is 7.23. The summed E-state index contributed by atoms with van der Waals surface area (Å²) in [6, 6.07) is 9.18. The number of rotatable bonds is 4. The van der Waals surface area contributed by atoms with Gasteiger partial charge in [-0.1, -0.05) is 31.1 Å². The molecule has 2 aromatic heterocycles. The summed E-state index contributed by atoms with van der Waals surface area (Å²) in [5, 5.41) is 6.72. The first-order chi connectivity index (χ1) is 10.5. The third-order valence-corrected chi connectivity index (χ3v) is 3.52. The minimum absolute atomic E-state index is 0.178. The van der Waals surface area contributed by atoms with Crippen LogP contribution in [0.3, 0.4) is 0 Å². The number of benzene rings is 1. The highest BCUT2D eigenvalue weighted by molar-refractivity contribution is 5.92. The number of para-hydroxylation sites is 2. The van der Waals surface area contributed by atoms with Crippen molar-refractivity contribution >= 4 is 16.9 Å². The standard InChI is InChI=1S/C16H18N4O2/c1-9(2)14(19-16(21)13-8-10(3)22-20-13)15-17-11-6-4-5-7-12(11)18-15/h4-9,14H,1-3H3,(H,17,18)(H,19,21). The monoisotopic (exact) mass is 298 g/mol. The molecule has 6 nitrogen and oxygen atoms in total. The predicted molar refractivity (Wildman–Crippen MR) is 82.4 cm³/mol. The van der Waals surface area contributed by atoms with E-state index in [4.69, 9.17) is 4.52 Å². The SMILES string of the molecule is Cc1cc(C(=O)NC(c2nc3ccccc3[nH]2)C(C)C)no1. The van der Waals surface area contributed by atoms with Crippen molar-refractivity contribution in [3.8, 4) is 0 Å². The Hall–Kier alpha value is -2.63. The summed E-state index contributed by atoms with van der Waals surface area (Å²) in [5.74, 6) is 1.26. The maximum atomic E-state index is 12.3. The van der Waals surface area contributed by atoms with E-state index < -0.39 is 0 Å². The van der Waals surface area contributed by atoms with E-state index in [1.807, 2.05) is 38.1 Å². The number of H-pyrrole nitrogens is 1. The normalized spacial score (nSPS) is 12.7. The molecule has 0 radical (unpaired) electrons. The van der Waals surface area contributed by atoms with Gasteiger partial charge in [0.05, 0.1) is 17.1 Å². The fraction of sp³-hybridized carbons (Fsp3) is 0.312. The van der Waals surface area contributed by atoms with Crippen LogP contribution in [0.4, 0.5) is 0 Å². The lowest BCUT2D eigenvalue weighted by atomic mass is 10.0. The number of fused-ring (bicyclic) bond motifs is 1. The second-order valence-electron chi connectivity index (χ2n) is 5.66. The van der Waals surface area contributed by atoms with E-state index in [-0.39, 0.29) is 23.6 Å². The Balaban J connectivity index is 1.88. The van der Waals surface area contributed by atoms with Crippen LogP contribution in [0.15, 0.2) is 34.9 Å². The highest BCUT2D eigenvalue weighted by atomic mass is 16.5. The Morgan fingerprint density at radius 1 is 1.32 bits per heavy atom. The average molecular weight is 298 g/mol. The van der Waals surface area contributed by atoms with Gasteiger partial charge in [0.2, 0.25) is 0 Å². The number of hydrogen-bond acceptors (Lipinski definition) is 4. The second-order valence-corrected chi connectivity index (χ2v) is 5.66. The molecule has 0 bridgehead atoms. The van der Waals surface area contributed by atoms with Gasteiger partial charge in [0.1, 0.15) is 11.6 Å². The Bertz CT molecular complexity index is 770. The van der Waals surface area contributed by atoms with E-state index >= 15 is 0 Å². The van der Waals surface area contributed by atoms with Crippen molar-refractivity contribution in [3.05, 3.63) is 47.6 Å². The van der Waals surface area contributed by atoms with E-state index in [0.717, 1.165) is 16.9 Å². The number of carbonyl (C=O) groups is 1. The number of carbonyl (C=O) groups excluding carboxylic acids is 1. The average Bonchev–Trinajstić information content (AvgIpc) is 3.09. The highest BCUT2D eigenvalue weighted by Gasteiger charge is 2.23. The molecule has 0 aliphatic carbocycles. The van der Waals surface area contributed by atoms with Gasteiger partial charge in [0, 0.05) is 6.07 Å². The van der Waals surface area contributed by atoms with Crippen molar-refractivity contribution in [3.63, 3.8) is 0 Å². The van der Waals surface area contributed by atoms with Crippen molar-refractivity contribution in [1.29, 1.82) is 0 Å². The van der Waals surface area contributed by atoms with Crippen LogP contribution in [0, 0.1) is 12.8 Å². The third-order valence-electron chi connectivity index (χ3n) is 3.52. The van der Waals surface area contributed by atoms with Gasteiger partial charge in [-0.2, -0.15) is 0 Å². The molecular weight excluding hydrogens is 280 g/mol. The van der Waals surface area contributed by atoms with E-state index in [1.54, 1.807) is 13.0 Å². The molecule has 0 saturated carbocycles. The third kappa shape index (κ3) is 2.72. The molecule has 1 atom stereocenters. The number of aryl methyl sites for hydroxylation is 1. The molecule has 2 N–H and O–H groups in total. The quantitative estimate of drug-likeness (QED) is 0.775. The summed E-state index contributed by atoms with van der Waals surface area (Å²) in [4.78, 5) is 20.1.